The summed E-state index contributed by atoms with van der Waals surface area (Å²) >= 11 is 0. The summed E-state index contributed by atoms with van der Waals surface area (Å²) in [6, 6.07) is 11.7. The number of hydrogen-bond acceptors (Lipinski definition) is 6. The van der Waals surface area contributed by atoms with Gasteiger partial charge >= 0.3 is 0 Å². The third-order valence-corrected chi connectivity index (χ3v) is 7.55. The number of methoxy groups -OCH3 is 1. The maximum Gasteiger partial charge on any atom is 0.241 e. The Balaban J connectivity index is 2.04. The van der Waals surface area contributed by atoms with E-state index in [0.29, 0.717) is 11.3 Å². The number of benzene rings is 2. The number of hydrogen-bond donors (Lipinski definition) is 3. The van der Waals surface area contributed by atoms with E-state index in [1.54, 1.807) is 38.1 Å². The SMILES string of the molecule is CNS(=O)(=O)Cc1ccc(CNC(=O)[C@@H](NS(=O)(=O)c2ccc(OC)cc2)C(C)C)cc1. The Morgan fingerprint density at radius 3 is 2.00 bits per heavy atom. The molecule has 0 bridgehead atoms. The molecule has 0 unspecified atom stereocenters. The van der Waals surface area contributed by atoms with Gasteiger partial charge in [0.1, 0.15) is 11.8 Å². The van der Waals surface area contributed by atoms with E-state index in [9.17, 15) is 21.6 Å². The molecule has 0 aliphatic carbocycles. The molecule has 176 valence electrons. The van der Waals surface area contributed by atoms with E-state index in [1.165, 1.54) is 38.4 Å². The summed E-state index contributed by atoms with van der Waals surface area (Å²) < 4.78 is 58.4. The van der Waals surface area contributed by atoms with Crippen LogP contribution >= 0.6 is 0 Å². The minimum Gasteiger partial charge on any atom is -0.497 e. The Morgan fingerprint density at radius 2 is 1.50 bits per heavy atom. The van der Waals surface area contributed by atoms with Gasteiger partial charge in [-0.3, -0.25) is 4.79 Å². The van der Waals surface area contributed by atoms with Crippen LogP contribution in [0.4, 0.5) is 0 Å². The Kier molecular flexibility index (Phi) is 8.79. The van der Waals surface area contributed by atoms with Crippen LogP contribution in [0.25, 0.3) is 0 Å². The molecule has 0 aromatic heterocycles. The first-order valence-electron chi connectivity index (χ1n) is 9.90. The molecule has 32 heavy (non-hydrogen) atoms. The minimum absolute atomic E-state index is 0.0314. The molecule has 1 amide bonds. The zero-order chi connectivity index (χ0) is 23.9. The van der Waals surface area contributed by atoms with Gasteiger partial charge in [-0.25, -0.2) is 21.6 Å². The summed E-state index contributed by atoms with van der Waals surface area (Å²) in [6.45, 7) is 3.67. The van der Waals surface area contributed by atoms with Crippen LogP contribution in [-0.2, 0) is 37.1 Å². The van der Waals surface area contributed by atoms with E-state index in [4.69, 9.17) is 4.74 Å². The van der Waals surface area contributed by atoms with Crippen LogP contribution in [0, 0.1) is 5.92 Å². The van der Waals surface area contributed by atoms with Crippen molar-refractivity contribution in [2.24, 2.45) is 5.92 Å². The van der Waals surface area contributed by atoms with Crippen molar-refractivity contribution in [1.82, 2.24) is 14.8 Å². The number of amides is 1. The number of nitrogens with one attached hydrogen (secondary N) is 3. The second-order valence-electron chi connectivity index (χ2n) is 7.52. The highest BCUT2D eigenvalue weighted by molar-refractivity contribution is 7.89. The van der Waals surface area contributed by atoms with Crippen molar-refractivity contribution >= 4 is 26.0 Å². The normalized spacial score (nSPS) is 13.0. The lowest BCUT2D eigenvalue weighted by Crippen LogP contribution is -2.49. The molecule has 11 heteroatoms. The number of carbonyl (C=O) groups is 1. The standard InChI is InChI=1S/C21H29N3O6S2/c1-15(2)20(24-32(28,29)19-11-9-18(30-4)10-12-19)21(25)23-13-16-5-7-17(8-6-16)14-31(26,27)22-3/h5-12,15,20,22,24H,13-14H2,1-4H3,(H,23,25)/t20-/m0/s1. The van der Waals surface area contributed by atoms with Crippen molar-refractivity contribution < 1.29 is 26.4 Å². The van der Waals surface area contributed by atoms with E-state index >= 15 is 0 Å². The third-order valence-electron chi connectivity index (χ3n) is 4.76. The monoisotopic (exact) mass is 483 g/mol. The predicted molar refractivity (Wildman–Crippen MR) is 122 cm³/mol. The zero-order valence-corrected chi connectivity index (χ0v) is 20.1. The fourth-order valence-electron chi connectivity index (χ4n) is 2.83. The van der Waals surface area contributed by atoms with Crippen molar-refractivity contribution in [2.75, 3.05) is 14.2 Å². The first-order valence-corrected chi connectivity index (χ1v) is 13.0. The lowest BCUT2D eigenvalue weighted by Gasteiger charge is -2.22. The molecule has 0 spiro atoms. The number of carbonyl (C=O) groups excluding carboxylic acids is 1. The van der Waals surface area contributed by atoms with Gasteiger partial charge in [0.2, 0.25) is 26.0 Å². The van der Waals surface area contributed by atoms with Gasteiger partial charge in [-0.1, -0.05) is 38.1 Å². The summed E-state index contributed by atoms with van der Waals surface area (Å²) in [5.41, 5.74) is 1.37. The van der Waals surface area contributed by atoms with Crippen LogP contribution in [0.3, 0.4) is 0 Å². The van der Waals surface area contributed by atoms with Gasteiger partial charge in [0.15, 0.2) is 0 Å². The van der Waals surface area contributed by atoms with Crippen molar-refractivity contribution in [2.45, 2.75) is 37.1 Å². The van der Waals surface area contributed by atoms with Crippen LogP contribution in [0.1, 0.15) is 25.0 Å². The average Bonchev–Trinajstić information content (AvgIpc) is 2.76. The largest absolute Gasteiger partial charge is 0.497 e. The molecule has 0 aliphatic heterocycles. The molecular formula is C21H29N3O6S2. The second-order valence-corrected chi connectivity index (χ2v) is 11.2. The molecule has 2 aromatic carbocycles. The average molecular weight is 484 g/mol. The summed E-state index contributed by atoms with van der Waals surface area (Å²) in [5.74, 6) is -0.369. The molecule has 0 fully saturated rings. The third kappa shape index (κ3) is 7.30. The number of rotatable bonds is 11. The highest BCUT2D eigenvalue weighted by atomic mass is 32.2. The number of sulfonamides is 2. The Morgan fingerprint density at radius 1 is 0.938 bits per heavy atom. The summed E-state index contributed by atoms with van der Waals surface area (Å²) in [5, 5.41) is 2.74. The first kappa shape index (κ1) is 25.8. The second kappa shape index (κ2) is 10.9. The van der Waals surface area contributed by atoms with Crippen LogP contribution in [0.2, 0.25) is 0 Å². The molecule has 0 radical (unpaired) electrons. The van der Waals surface area contributed by atoms with Gasteiger partial charge in [0.05, 0.1) is 17.8 Å². The quantitative estimate of drug-likeness (QED) is 0.442. The van der Waals surface area contributed by atoms with Crippen molar-refractivity contribution in [3.05, 3.63) is 59.7 Å². The summed E-state index contributed by atoms with van der Waals surface area (Å²) in [6.07, 6.45) is 0. The van der Waals surface area contributed by atoms with Crippen LogP contribution in [0.5, 0.6) is 5.75 Å². The molecule has 9 nitrogen and oxygen atoms in total. The van der Waals surface area contributed by atoms with E-state index in [2.05, 4.69) is 14.8 Å². The maximum atomic E-state index is 12.7. The smallest absolute Gasteiger partial charge is 0.241 e. The molecule has 2 aromatic rings. The first-order chi connectivity index (χ1) is 15.0. The van der Waals surface area contributed by atoms with Gasteiger partial charge in [-0.05, 0) is 48.4 Å². The molecular weight excluding hydrogens is 454 g/mol. The van der Waals surface area contributed by atoms with Gasteiger partial charge in [0.25, 0.3) is 0 Å². The lowest BCUT2D eigenvalue weighted by molar-refractivity contribution is -0.123. The van der Waals surface area contributed by atoms with E-state index in [0.717, 1.165) is 5.56 Å². The highest BCUT2D eigenvalue weighted by Crippen LogP contribution is 2.17. The van der Waals surface area contributed by atoms with Gasteiger partial charge in [0, 0.05) is 6.54 Å². The van der Waals surface area contributed by atoms with Crippen LogP contribution in [-0.4, -0.2) is 42.9 Å². The molecule has 0 saturated heterocycles. The van der Waals surface area contributed by atoms with Gasteiger partial charge in [-0.2, -0.15) is 4.72 Å². The van der Waals surface area contributed by atoms with Crippen molar-refractivity contribution in [3.63, 3.8) is 0 Å². The van der Waals surface area contributed by atoms with Crippen LogP contribution < -0.4 is 19.5 Å². The Hall–Kier alpha value is -2.47. The zero-order valence-electron chi connectivity index (χ0n) is 18.5. The fourth-order valence-corrected chi connectivity index (χ4v) is 4.95. The fraction of sp³-hybridized carbons (Fsp3) is 0.381. The van der Waals surface area contributed by atoms with Crippen molar-refractivity contribution in [3.8, 4) is 5.75 Å². The molecule has 0 heterocycles. The highest BCUT2D eigenvalue weighted by Gasteiger charge is 2.28. The molecule has 0 aliphatic rings. The van der Waals surface area contributed by atoms with Gasteiger partial charge in [-0.15, -0.1) is 0 Å². The molecule has 1 atom stereocenters. The van der Waals surface area contributed by atoms with Gasteiger partial charge < -0.3 is 10.1 Å². The lowest BCUT2D eigenvalue weighted by atomic mass is 10.0. The summed E-state index contributed by atoms with van der Waals surface area (Å²) in [4.78, 5) is 12.7. The molecule has 0 saturated carbocycles. The Labute approximate surface area is 189 Å². The summed E-state index contributed by atoms with van der Waals surface area (Å²) in [7, 11) is -4.44. The maximum absolute atomic E-state index is 12.7. The van der Waals surface area contributed by atoms with Crippen LogP contribution in [0.15, 0.2) is 53.4 Å². The van der Waals surface area contributed by atoms with Crippen molar-refractivity contribution in [1.29, 1.82) is 0 Å². The van der Waals surface area contributed by atoms with E-state index in [-0.39, 0.29) is 23.1 Å². The predicted octanol–water partition coefficient (Wildman–Crippen LogP) is 1.36. The van der Waals surface area contributed by atoms with E-state index in [1.807, 2.05) is 0 Å². The minimum atomic E-state index is -3.91. The van der Waals surface area contributed by atoms with E-state index < -0.39 is 32.0 Å². The molecule has 2 rings (SSSR count). The topological polar surface area (TPSA) is 131 Å². The Bertz CT molecular complexity index is 1110. The number of ether oxygens (including phenoxy) is 1. The molecule has 3 N–H and O–H groups in total.